The first-order chi connectivity index (χ1) is 58.8. The Hall–Kier alpha value is -7.55. The Morgan fingerprint density at radius 3 is 0.860 bits per heavy atom. The number of carbonyl (C=O) groups excluding carboxylic acids is 10. The van der Waals surface area contributed by atoms with Crippen LogP contribution in [0, 0.1) is 17.2 Å². The van der Waals surface area contributed by atoms with Gasteiger partial charge in [-0.3, -0.25) is 19.2 Å². The maximum Gasteiger partial charge on any atom is 0.361 e. The van der Waals surface area contributed by atoms with Crippen molar-refractivity contribution >= 4 is 59.7 Å². The molecule has 32 nitrogen and oxygen atoms in total. The molecule has 0 aromatic rings. The molecule has 1 unspecified atom stereocenters. The average Bonchev–Trinajstić information content (AvgIpc) is 0.897. The first kappa shape index (κ1) is 144. The largest absolute Gasteiger partial charge is 0.469 e. The maximum atomic E-state index is 11.3. The predicted octanol–water partition coefficient (Wildman–Crippen LogP) is 10.1. The van der Waals surface area contributed by atoms with E-state index in [-0.39, 0.29) is 65.6 Å². The van der Waals surface area contributed by atoms with Gasteiger partial charge in [-0.05, 0) is 103 Å². The van der Waals surface area contributed by atoms with E-state index in [4.69, 9.17) is 43.2 Å². The number of esters is 10. The molecule has 0 aliphatic heterocycles. The third-order valence-electron chi connectivity index (χ3n) is 19.9. The van der Waals surface area contributed by atoms with Crippen molar-refractivity contribution in [1.29, 1.82) is 5.26 Å². The number of carbonyl (C=O) groups is 10. The molecule has 0 aliphatic rings. The van der Waals surface area contributed by atoms with Crippen molar-refractivity contribution in [2.75, 3.05) is 367 Å². The van der Waals surface area contributed by atoms with E-state index in [0.717, 1.165) is 180 Å². The first-order valence-corrected chi connectivity index (χ1v) is 45.8. The van der Waals surface area contributed by atoms with Gasteiger partial charge in [-0.25, -0.2) is 28.8 Å². The van der Waals surface area contributed by atoms with Gasteiger partial charge in [0, 0.05) is 42.7 Å². The SMILES string of the molecule is C=C(C)C(=O)OCC[N+](C)(C)C.C=C(C)C(=O)OCC[N+](C)(CC)CC.C=CC(=O)OCCC[N+](C)(C)C.C=CC(=O)OCC[N+](C)(C)C.C=CC(=O)OCC[N+](C)(CC)CC.CC(=O)OCC[N+](C)(C)C.CCC[N+](C)(CCC)CCC(=O)OCC.CCOC(=O)CC[N+](C)(CC)CC.CC[N+](C)(CC)CC(=O)OC.COC(=O)C(C)C[N+](C)(C)C.C[N+](C)(C)CC#N. The van der Waals surface area contributed by atoms with Crippen LogP contribution in [-0.2, 0) is 95.3 Å². The zero-order valence-electron chi connectivity index (χ0n) is 90.9. The van der Waals surface area contributed by atoms with Gasteiger partial charge < -0.3 is 96.7 Å². The second-order valence-electron chi connectivity index (χ2n) is 39.0. The van der Waals surface area contributed by atoms with Crippen LogP contribution in [0.15, 0.2) is 62.3 Å². The van der Waals surface area contributed by atoms with Crippen LogP contribution < -0.4 is 0 Å². The number of nitrogens with zero attached hydrogens (tertiary/aromatic N) is 12. The zero-order valence-corrected chi connectivity index (χ0v) is 90.9. The molecule has 0 bridgehead atoms. The van der Waals surface area contributed by atoms with E-state index in [9.17, 15) is 47.9 Å². The molecule has 0 radical (unpaired) electrons. The van der Waals surface area contributed by atoms with Crippen molar-refractivity contribution in [2.45, 2.75) is 143 Å². The van der Waals surface area contributed by atoms with Crippen LogP contribution in [0.25, 0.3) is 0 Å². The van der Waals surface area contributed by atoms with Gasteiger partial charge in [0.15, 0.2) is 13.1 Å². The Labute approximate surface area is 789 Å². The summed E-state index contributed by atoms with van der Waals surface area (Å²) in [5.41, 5.74) is 0.920. The van der Waals surface area contributed by atoms with E-state index >= 15 is 0 Å². The molecule has 0 spiro atoms. The molecule has 1 atom stereocenters. The molecule has 0 rings (SSSR count). The molecule has 762 valence electrons. The lowest BCUT2D eigenvalue weighted by atomic mass is 10.1. The summed E-state index contributed by atoms with van der Waals surface area (Å²) in [5.74, 6) is -2.22. The molecule has 0 aromatic heterocycles. The molecule has 0 heterocycles. The van der Waals surface area contributed by atoms with Gasteiger partial charge in [-0.2, -0.15) is 5.26 Å². The van der Waals surface area contributed by atoms with E-state index in [2.05, 4.69) is 237 Å². The van der Waals surface area contributed by atoms with Crippen molar-refractivity contribution in [3.05, 3.63) is 62.3 Å². The fraction of sp³-hybridized carbons (Fsp3) is 0.784. The lowest BCUT2D eigenvalue weighted by Crippen LogP contribution is -2.47. The number of rotatable bonds is 50. The minimum Gasteiger partial charge on any atom is -0.469 e. The smallest absolute Gasteiger partial charge is 0.361 e. The van der Waals surface area contributed by atoms with Gasteiger partial charge in [0.1, 0.15) is 77.7 Å². The normalized spacial score (nSPS) is 11.4. The number of hydrogen-bond donors (Lipinski definition) is 0. The van der Waals surface area contributed by atoms with Crippen molar-refractivity contribution in [3.8, 4) is 6.07 Å². The van der Waals surface area contributed by atoms with Crippen LogP contribution in [0.5, 0.6) is 0 Å². The van der Waals surface area contributed by atoms with Crippen LogP contribution in [0.1, 0.15) is 143 Å². The maximum absolute atomic E-state index is 11.3. The lowest BCUT2D eigenvalue weighted by molar-refractivity contribution is -0.909. The Morgan fingerprint density at radius 2 is 0.620 bits per heavy atom. The number of quaternary nitrogens is 11. The van der Waals surface area contributed by atoms with Crippen molar-refractivity contribution < 1.29 is 145 Å². The summed E-state index contributed by atoms with van der Waals surface area (Å²) in [7, 11) is 50.5. The fourth-order valence-electron chi connectivity index (χ4n) is 9.51. The highest BCUT2D eigenvalue weighted by Gasteiger charge is 2.25. The highest BCUT2D eigenvalue weighted by Crippen LogP contribution is 2.10. The van der Waals surface area contributed by atoms with Crippen LogP contribution >= 0.6 is 0 Å². The summed E-state index contributed by atoms with van der Waals surface area (Å²) in [6.07, 6.45) is 7.86. The zero-order chi connectivity index (χ0) is 104. The molecule has 0 N–H and O–H groups in total. The quantitative estimate of drug-likeness (QED) is 0.0137. The molecular weight excluding hydrogens is 1650 g/mol. The van der Waals surface area contributed by atoms with Crippen LogP contribution in [0.3, 0.4) is 0 Å². The number of hydrogen-bond acceptors (Lipinski definition) is 21. The predicted molar refractivity (Wildman–Crippen MR) is 525 cm³/mol. The number of likely N-dealkylation sites (N-methyl/N-ethyl adjacent to an activating group) is 6. The number of nitriles is 1. The Kier molecular flexibility index (Phi) is 91.0. The van der Waals surface area contributed by atoms with Crippen LogP contribution in [0.2, 0.25) is 0 Å². The highest BCUT2D eigenvalue weighted by molar-refractivity contribution is 5.87. The molecule has 0 amide bonds. The molecule has 0 aromatic carbocycles. The standard InChI is InChI=1S/C12H26NO2.C11H22NO2.C10H22NO2.C10H20NO2.2C9H18NO2.C8H18NO2.C8H16NO2.C8H18NO2.C7H16NO2.C5H11N2/c1-5-9-13(4,10-6-2)11-8-12(14)15-7-3;1-6-12(5,7-2)8-9-14-11(13)10(3)4;1-5-11(4,6-2)9-8-10(12)13-7-3;1-5-10(12)13-9-8-11(4,6-2)7-3;1-8(2)9(11)12-7-6-10(3,4)5;1-5-9(11)12-8-6-7-10(2,3)4;1-7(8(10)11-5)6-9(2,3)4;1-5-8(10)11-7-6-9(2,3)4;1-5-9(3,6-2)7-8(10)11-4;1-7(9)10-6-5-8(2,3)4;1-7(2,3)5-4-6/h5-11H2,1-4H3;3,6-9H2,1-2,4-5H3;5-9H2,1-4H3;5H,1,6-9H2,2-4H3;1,6-7H2,2-5H3;5H,1,6-8H2,2-4H3;7H,6H2,1-5H3;5H,1,6-7H2,2-4H3;5-7H2,1-4H3;5-6H2,1-4H3;5H2,1-3H3/q11*+1. The van der Waals surface area contributed by atoms with Gasteiger partial charge in [-0.15, -0.1) is 0 Å². The van der Waals surface area contributed by atoms with Crippen molar-refractivity contribution in [1.82, 2.24) is 0 Å². The second-order valence-corrected chi connectivity index (χ2v) is 39.0. The summed E-state index contributed by atoms with van der Waals surface area (Å²) >= 11 is 0. The van der Waals surface area contributed by atoms with Crippen molar-refractivity contribution in [2.24, 2.45) is 5.92 Å². The van der Waals surface area contributed by atoms with E-state index < -0.39 is 0 Å². The molecule has 0 fully saturated rings. The number of ether oxygens (including phenoxy) is 10. The third-order valence-corrected chi connectivity index (χ3v) is 19.9. The summed E-state index contributed by atoms with van der Waals surface area (Å²) < 4.78 is 57.7. The van der Waals surface area contributed by atoms with E-state index in [1.54, 1.807) is 13.8 Å². The number of methoxy groups -OCH3 is 2. The molecule has 32 heteroatoms. The molecule has 0 saturated carbocycles. The van der Waals surface area contributed by atoms with Gasteiger partial charge in [-0.1, -0.05) is 46.7 Å². The fourth-order valence-corrected chi connectivity index (χ4v) is 9.51. The Balaban J connectivity index is -0.000000132. The molecular formula is C97H205N12O20+11. The first-order valence-electron chi connectivity index (χ1n) is 45.8. The summed E-state index contributed by atoms with van der Waals surface area (Å²) in [4.78, 5) is 108. The highest BCUT2D eigenvalue weighted by atomic mass is 16.6. The second kappa shape index (κ2) is 81.2. The van der Waals surface area contributed by atoms with Crippen molar-refractivity contribution in [3.63, 3.8) is 0 Å². The van der Waals surface area contributed by atoms with Gasteiger partial charge in [0.05, 0.1) is 301 Å². The van der Waals surface area contributed by atoms with Crippen LogP contribution in [0.4, 0.5) is 0 Å². The topological polar surface area (TPSA) is 287 Å². The summed E-state index contributed by atoms with van der Waals surface area (Å²) in [5, 5.41) is 8.14. The molecule has 0 aliphatic carbocycles. The van der Waals surface area contributed by atoms with E-state index in [0.29, 0.717) is 89.9 Å². The molecule has 129 heavy (non-hydrogen) atoms. The Morgan fingerprint density at radius 1 is 0.333 bits per heavy atom. The van der Waals surface area contributed by atoms with Gasteiger partial charge in [0.2, 0.25) is 0 Å². The minimum absolute atomic E-state index is 0.0139. The summed E-state index contributed by atoms with van der Waals surface area (Å²) in [6.45, 7) is 72.0. The monoisotopic (exact) mass is 1860 g/mol. The molecule has 0 saturated heterocycles. The third kappa shape index (κ3) is 115. The Bertz CT molecular complexity index is 3040. The summed E-state index contributed by atoms with van der Waals surface area (Å²) in [6, 6.07) is 2.08. The lowest BCUT2D eigenvalue weighted by Gasteiger charge is -2.33. The van der Waals surface area contributed by atoms with Gasteiger partial charge in [0.25, 0.3) is 0 Å². The minimum atomic E-state index is -0.349. The van der Waals surface area contributed by atoms with E-state index in [1.807, 2.05) is 63.1 Å². The van der Waals surface area contributed by atoms with Crippen LogP contribution in [-0.4, -0.2) is 476 Å². The van der Waals surface area contributed by atoms with Gasteiger partial charge >= 0.3 is 59.7 Å². The average molecular weight is 1860 g/mol. The van der Waals surface area contributed by atoms with E-state index in [1.165, 1.54) is 52.2 Å².